The van der Waals surface area contributed by atoms with Crippen molar-refractivity contribution in [3.63, 3.8) is 0 Å². The highest BCUT2D eigenvalue weighted by atomic mass is 32.2. The van der Waals surface area contributed by atoms with Crippen LogP contribution >= 0.6 is 0 Å². The number of carbonyl (C=O) groups excluding carboxylic acids is 1. The molecule has 0 aromatic heterocycles. The van der Waals surface area contributed by atoms with Gasteiger partial charge in [-0.2, -0.15) is 0 Å². The van der Waals surface area contributed by atoms with Crippen LogP contribution < -0.4 is 4.72 Å². The van der Waals surface area contributed by atoms with E-state index in [1.54, 1.807) is 13.8 Å². The second-order valence-electron chi connectivity index (χ2n) is 4.59. The lowest BCUT2D eigenvalue weighted by molar-refractivity contribution is -0.127. The molecule has 1 heterocycles. The summed E-state index contributed by atoms with van der Waals surface area (Å²) in [5, 5.41) is 0. The van der Waals surface area contributed by atoms with Gasteiger partial charge in [0.25, 0.3) is 10.0 Å². The van der Waals surface area contributed by atoms with E-state index in [1.807, 2.05) is 11.6 Å². The van der Waals surface area contributed by atoms with E-state index in [-0.39, 0.29) is 13.2 Å². The second-order valence-corrected chi connectivity index (χ2v) is 6.41. The molecule has 1 aliphatic heterocycles. The lowest BCUT2D eigenvalue weighted by atomic mass is 9.90. The smallest absolute Gasteiger partial charge is 0.264 e. The molecular weight excluding hydrogens is 246 g/mol. The first-order valence-corrected chi connectivity index (χ1v) is 7.09. The highest BCUT2D eigenvalue weighted by Crippen LogP contribution is 2.20. The van der Waals surface area contributed by atoms with E-state index in [9.17, 15) is 13.2 Å². The Kier molecular flexibility index (Phi) is 4.51. The minimum Gasteiger partial charge on any atom is -0.375 e. The van der Waals surface area contributed by atoms with Crippen molar-refractivity contribution in [3.8, 4) is 0 Å². The van der Waals surface area contributed by atoms with Crippen LogP contribution in [0, 0.1) is 5.41 Å². The van der Waals surface area contributed by atoms with Gasteiger partial charge in [0.05, 0.1) is 19.8 Å². The van der Waals surface area contributed by atoms with Crippen molar-refractivity contribution in [1.82, 2.24) is 4.72 Å². The molecule has 6 nitrogen and oxygen atoms in total. The Morgan fingerprint density at radius 3 is 2.53 bits per heavy atom. The Bertz CT molecular complexity index is 370. The Morgan fingerprint density at radius 2 is 2.06 bits per heavy atom. The van der Waals surface area contributed by atoms with Crippen LogP contribution in [0.3, 0.4) is 0 Å². The first-order chi connectivity index (χ1) is 7.79. The Hall–Kier alpha value is -0.660. The van der Waals surface area contributed by atoms with E-state index in [0.29, 0.717) is 13.0 Å². The molecule has 1 N–H and O–H groups in total. The largest absolute Gasteiger partial charge is 0.375 e. The number of nitrogens with one attached hydrogen (secondary N) is 1. The fourth-order valence-electron chi connectivity index (χ4n) is 1.14. The minimum atomic E-state index is -3.82. The van der Waals surface area contributed by atoms with E-state index in [1.165, 1.54) is 0 Å². The first-order valence-electron chi connectivity index (χ1n) is 5.55. The highest BCUT2D eigenvalue weighted by Gasteiger charge is 2.35. The van der Waals surface area contributed by atoms with Crippen molar-refractivity contribution in [2.45, 2.75) is 32.6 Å². The van der Waals surface area contributed by atoms with Crippen molar-refractivity contribution in [3.05, 3.63) is 0 Å². The van der Waals surface area contributed by atoms with Crippen LogP contribution in [-0.4, -0.2) is 39.6 Å². The lowest BCUT2D eigenvalue weighted by Gasteiger charge is -2.26. The van der Waals surface area contributed by atoms with Crippen LogP contribution in [0.2, 0.25) is 0 Å². The summed E-state index contributed by atoms with van der Waals surface area (Å²) < 4.78 is 35.8. The third-order valence-corrected chi connectivity index (χ3v) is 4.30. The van der Waals surface area contributed by atoms with Gasteiger partial charge < -0.3 is 9.47 Å². The zero-order chi connectivity index (χ0) is 13.1. The number of sulfonamides is 1. The molecule has 0 radical (unpaired) electrons. The van der Waals surface area contributed by atoms with Crippen molar-refractivity contribution in [2.75, 3.05) is 19.8 Å². The van der Waals surface area contributed by atoms with Crippen LogP contribution in [0.5, 0.6) is 0 Å². The quantitative estimate of drug-likeness (QED) is 0.787. The van der Waals surface area contributed by atoms with Gasteiger partial charge in [-0.15, -0.1) is 0 Å². The topological polar surface area (TPSA) is 81.7 Å². The molecule has 0 aliphatic carbocycles. The average molecular weight is 265 g/mol. The molecule has 100 valence electrons. The van der Waals surface area contributed by atoms with Crippen molar-refractivity contribution < 1.29 is 22.7 Å². The zero-order valence-corrected chi connectivity index (χ0v) is 11.2. The van der Waals surface area contributed by atoms with E-state index in [4.69, 9.17) is 9.47 Å². The molecule has 0 aromatic carbocycles. The Balaban J connectivity index is 2.69. The molecule has 0 saturated carbocycles. The van der Waals surface area contributed by atoms with E-state index in [2.05, 4.69) is 0 Å². The standard InChI is InChI=1S/C10H19NO5S/c1-4-10(2,3)9(12)11-17(13,14)8-7-15-5-6-16-8/h8H,4-7H2,1-3H3,(H,11,12). The van der Waals surface area contributed by atoms with E-state index in [0.717, 1.165) is 0 Å². The van der Waals surface area contributed by atoms with Crippen LogP contribution in [0.4, 0.5) is 0 Å². The minimum absolute atomic E-state index is 0.0465. The van der Waals surface area contributed by atoms with E-state index < -0.39 is 26.8 Å². The predicted molar refractivity (Wildman–Crippen MR) is 61.7 cm³/mol. The summed E-state index contributed by atoms with van der Waals surface area (Å²) in [5.74, 6) is -0.519. The summed E-state index contributed by atoms with van der Waals surface area (Å²) in [6, 6.07) is 0. The van der Waals surface area contributed by atoms with Gasteiger partial charge in [0.1, 0.15) is 0 Å². The normalized spacial score (nSPS) is 22.2. The van der Waals surface area contributed by atoms with Crippen molar-refractivity contribution in [1.29, 1.82) is 0 Å². The first kappa shape index (κ1) is 14.4. The second kappa shape index (κ2) is 5.32. The molecule has 1 unspecified atom stereocenters. The molecule has 1 rings (SSSR count). The summed E-state index contributed by atoms with van der Waals surface area (Å²) in [6.45, 7) is 5.76. The maximum atomic E-state index is 11.8. The van der Waals surface area contributed by atoms with Gasteiger partial charge in [0, 0.05) is 5.41 Å². The summed E-state index contributed by atoms with van der Waals surface area (Å²) in [7, 11) is -3.82. The van der Waals surface area contributed by atoms with Crippen LogP contribution in [0.15, 0.2) is 0 Å². The van der Waals surface area contributed by atoms with Crippen LogP contribution in [0.25, 0.3) is 0 Å². The molecule has 1 fully saturated rings. The van der Waals surface area contributed by atoms with Gasteiger partial charge in [-0.1, -0.05) is 20.8 Å². The van der Waals surface area contributed by atoms with Crippen LogP contribution in [0.1, 0.15) is 27.2 Å². The van der Waals surface area contributed by atoms with Crippen LogP contribution in [-0.2, 0) is 24.3 Å². The van der Waals surface area contributed by atoms with Gasteiger partial charge in [0.2, 0.25) is 11.3 Å². The van der Waals surface area contributed by atoms with Crippen molar-refractivity contribution >= 4 is 15.9 Å². The van der Waals surface area contributed by atoms with Crippen molar-refractivity contribution in [2.24, 2.45) is 5.41 Å². The monoisotopic (exact) mass is 265 g/mol. The number of rotatable bonds is 4. The SMILES string of the molecule is CCC(C)(C)C(=O)NS(=O)(=O)C1COCCO1. The molecular formula is C10H19NO5S. The highest BCUT2D eigenvalue weighted by molar-refractivity contribution is 7.90. The number of carbonyl (C=O) groups is 1. The lowest BCUT2D eigenvalue weighted by Crippen LogP contribution is -2.48. The predicted octanol–water partition coefficient (Wildman–Crippen LogP) is 0.242. The van der Waals surface area contributed by atoms with Gasteiger partial charge in [-0.3, -0.25) is 9.52 Å². The molecule has 1 amide bonds. The molecule has 0 spiro atoms. The maximum absolute atomic E-state index is 11.8. The molecule has 0 aromatic rings. The third-order valence-electron chi connectivity index (χ3n) is 2.86. The fraction of sp³-hybridized carbons (Fsp3) is 0.900. The summed E-state index contributed by atoms with van der Waals surface area (Å²) in [5.41, 5.74) is -1.82. The molecule has 0 bridgehead atoms. The number of amides is 1. The number of hydrogen-bond donors (Lipinski definition) is 1. The van der Waals surface area contributed by atoms with Gasteiger partial charge in [0.15, 0.2) is 0 Å². The van der Waals surface area contributed by atoms with Gasteiger partial charge in [-0.05, 0) is 6.42 Å². The maximum Gasteiger partial charge on any atom is 0.264 e. The Morgan fingerprint density at radius 1 is 1.41 bits per heavy atom. The molecule has 1 saturated heterocycles. The Labute approximate surface area is 102 Å². The average Bonchev–Trinajstić information content (AvgIpc) is 2.29. The van der Waals surface area contributed by atoms with Gasteiger partial charge in [-0.25, -0.2) is 8.42 Å². The molecule has 17 heavy (non-hydrogen) atoms. The third kappa shape index (κ3) is 3.65. The fourth-order valence-corrected chi connectivity index (χ4v) is 2.36. The summed E-state index contributed by atoms with van der Waals surface area (Å²) in [6.07, 6.45) is 0.552. The summed E-state index contributed by atoms with van der Waals surface area (Å²) in [4.78, 5) is 11.8. The van der Waals surface area contributed by atoms with Gasteiger partial charge >= 0.3 is 0 Å². The number of hydrogen-bond acceptors (Lipinski definition) is 5. The zero-order valence-electron chi connectivity index (χ0n) is 10.4. The summed E-state index contributed by atoms with van der Waals surface area (Å²) >= 11 is 0. The molecule has 1 atom stereocenters. The number of ether oxygens (including phenoxy) is 2. The van der Waals surface area contributed by atoms with E-state index >= 15 is 0 Å². The molecule has 1 aliphatic rings. The molecule has 7 heteroatoms.